The molecule has 0 aromatic carbocycles. The Hall–Kier alpha value is -0.580. The second kappa shape index (κ2) is 13.6. The molecule has 6 nitrogen and oxygen atoms in total. The van der Waals surface area contributed by atoms with Gasteiger partial charge in [0.25, 0.3) is 0 Å². The van der Waals surface area contributed by atoms with Crippen LogP contribution in [0.4, 0.5) is 0 Å². The van der Waals surface area contributed by atoms with Crippen molar-refractivity contribution in [2.24, 2.45) is 4.99 Å². The van der Waals surface area contributed by atoms with Crippen molar-refractivity contribution >= 4 is 58.8 Å². The topological polar surface area (TPSA) is 85.8 Å². The fourth-order valence-corrected chi connectivity index (χ4v) is 2.90. The van der Waals surface area contributed by atoms with Gasteiger partial charge in [0.2, 0.25) is 5.91 Å². The van der Waals surface area contributed by atoms with Crippen LogP contribution in [0.1, 0.15) is 44.6 Å². The standard InChI is InChI=1S/C16H27ClN4O2S.HI/c1-4-11(3)21-15(23)8-9-19-16(18-5-2)20-10-12(22)13-6-7-14(17)24-13;/h6-7,11-12,22H,4-5,8-10H2,1-3H3,(H,21,23)(H2,18,19,20);1H. The number of aliphatic imine (C=N–C) groups is 1. The molecular formula is C16H28ClIN4O2S. The van der Waals surface area contributed by atoms with Crippen LogP contribution in [0.2, 0.25) is 4.34 Å². The number of carbonyl (C=O) groups is 1. The molecule has 0 radical (unpaired) electrons. The predicted molar refractivity (Wildman–Crippen MR) is 116 cm³/mol. The zero-order valence-electron chi connectivity index (χ0n) is 14.8. The van der Waals surface area contributed by atoms with E-state index >= 15 is 0 Å². The quantitative estimate of drug-likeness (QED) is 0.238. The minimum atomic E-state index is -0.688. The van der Waals surface area contributed by atoms with E-state index in [4.69, 9.17) is 11.6 Å². The van der Waals surface area contributed by atoms with E-state index in [0.717, 1.165) is 11.3 Å². The van der Waals surface area contributed by atoms with E-state index in [1.807, 2.05) is 20.8 Å². The van der Waals surface area contributed by atoms with Crippen LogP contribution in [0.15, 0.2) is 17.1 Å². The van der Waals surface area contributed by atoms with Gasteiger partial charge in [-0.05, 0) is 32.4 Å². The summed E-state index contributed by atoms with van der Waals surface area (Å²) in [5, 5.41) is 19.2. The van der Waals surface area contributed by atoms with Crippen LogP contribution in [0.3, 0.4) is 0 Å². The van der Waals surface area contributed by atoms with Crippen LogP contribution in [-0.2, 0) is 4.79 Å². The van der Waals surface area contributed by atoms with Crippen LogP contribution >= 0.6 is 46.9 Å². The smallest absolute Gasteiger partial charge is 0.221 e. The lowest BCUT2D eigenvalue weighted by molar-refractivity contribution is -0.121. The first-order valence-corrected chi connectivity index (χ1v) is 9.40. The fraction of sp³-hybridized carbons (Fsp3) is 0.625. The number of amides is 1. The van der Waals surface area contributed by atoms with Gasteiger partial charge in [0.1, 0.15) is 6.10 Å². The summed E-state index contributed by atoms with van der Waals surface area (Å²) in [6, 6.07) is 3.74. The lowest BCUT2D eigenvalue weighted by atomic mass is 10.2. The molecule has 1 aromatic rings. The number of carbonyl (C=O) groups excluding carboxylic acids is 1. The summed E-state index contributed by atoms with van der Waals surface area (Å²) in [7, 11) is 0. The summed E-state index contributed by atoms with van der Waals surface area (Å²) in [6.07, 6.45) is 0.595. The van der Waals surface area contributed by atoms with E-state index in [0.29, 0.717) is 29.8 Å². The molecule has 0 spiro atoms. The van der Waals surface area contributed by atoms with Gasteiger partial charge in [0.05, 0.1) is 10.9 Å². The molecule has 0 saturated heterocycles. The second-order valence-corrected chi connectivity index (χ2v) is 7.18. The normalized spacial score (nSPS) is 13.6. The number of nitrogens with one attached hydrogen (secondary N) is 3. The Kier molecular flexibility index (Phi) is 13.3. The lowest BCUT2D eigenvalue weighted by Gasteiger charge is -2.14. The summed E-state index contributed by atoms with van der Waals surface area (Å²) >= 11 is 7.21. The number of rotatable bonds is 9. The van der Waals surface area contributed by atoms with Crippen LogP contribution in [-0.4, -0.2) is 42.6 Å². The fourth-order valence-electron chi connectivity index (χ4n) is 1.86. The Morgan fingerprint density at radius 3 is 2.64 bits per heavy atom. The Morgan fingerprint density at radius 1 is 1.36 bits per heavy atom. The molecule has 0 saturated carbocycles. The van der Waals surface area contributed by atoms with E-state index in [1.54, 1.807) is 12.1 Å². The van der Waals surface area contributed by atoms with Crippen LogP contribution in [0.5, 0.6) is 0 Å². The Balaban J connectivity index is 0.00000576. The van der Waals surface area contributed by atoms with Gasteiger partial charge in [-0.25, -0.2) is 0 Å². The van der Waals surface area contributed by atoms with Gasteiger partial charge in [0.15, 0.2) is 5.96 Å². The third-order valence-electron chi connectivity index (χ3n) is 3.35. The summed E-state index contributed by atoms with van der Waals surface area (Å²) in [4.78, 5) is 16.9. The largest absolute Gasteiger partial charge is 0.386 e. The predicted octanol–water partition coefficient (Wildman–Crippen LogP) is 2.91. The molecule has 0 aliphatic heterocycles. The maximum absolute atomic E-state index is 11.7. The molecule has 2 unspecified atom stereocenters. The van der Waals surface area contributed by atoms with Gasteiger partial charge in [-0.3, -0.25) is 9.79 Å². The maximum Gasteiger partial charge on any atom is 0.221 e. The molecule has 2 atom stereocenters. The number of halogens is 2. The Morgan fingerprint density at radius 2 is 2.08 bits per heavy atom. The minimum Gasteiger partial charge on any atom is -0.386 e. The first-order valence-electron chi connectivity index (χ1n) is 8.21. The van der Waals surface area contributed by atoms with E-state index in [2.05, 4.69) is 20.9 Å². The highest BCUT2D eigenvalue weighted by Crippen LogP contribution is 2.26. The minimum absolute atomic E-state index is 0. The van der Waals surface area contributed by atoms with Gasteiger partial charge in [-0.2, -0.15) is 0 Å². The molecule has 4 N–H and O–H groups in total. The molecular weight excluding hydrogens is 475 g/mol. The molecule has 1 amide bonds. The molecule has 144 valence electrons. The van der Waals surface area contributed by atoms with Crippen molar-refractivity contribution in [3.05, 3.63) is 21.3 Å². The molecule has 1 heterocycles. The van der Waals surface area contributed by atoms with E-state index in [-0.39, 0.29) is 42.5 Å². The summed E-state index contributed by atoms with van der Waals surface area (Å²) in [5.41, 5.74) is 0. The van der Waals surface area contributed by atoms with Gasteiger partial charge < -0.3 is 21.1 Å². The maximum atomic E-state index is 11.7. The highest BCUT2D eigenvalue weighted by Gasteiger charge is 2.10. The number of thiophene rings is 1. The van der Waals surface area contributed by atoms with Crippen molar-refractivity contribution in [3.63, 3.8) is 0 Å². The highest BCUT2D eigenvalue weighted by atomic mass is 127. The zero-order valence-corrected chi connectivity index (χ0v) is 18.7. The molecule has 9 heteroatoms. The van der Waals surface area contributed by atoms with Crippen LogP contribution in [0, 0.1) is 0 Å². The number of hydrogen-bond acceptors (Lipinski definition) is 4. The molecule has 1 aromatic heterocycles. The molecule has 0 bridgehead atoms. The number of nitrogens with zero attached hydrogens (tertiary/aromatic N) is 1. The second-order valence-electron chi connectivity index (χ2n) is 5.43. The average Bonchev–Trinajstić information content (AvgIpc) is 2.98. The monoisotopic (exact) mass is 502 g/mol. The van der Waals surface area contributed by atoms with Crippen molar-refractivity contribution < 1.29 is 9.90 Å². The van der Waals surface area contributed by atoms with E-state index in [1.165, 1.54) is 11.3 Å². The molecule has 1 rings (SSSR count). The summed E-state index contributed by atoms with van der Waals surface area (Å²) in [5.74, 6) is 0.594. The van der Waals surface area contributed by atoms with Crippen molar-refractivity contribution in [1.29, 1.82) is 0 Å². The number of hydrogen-bond donors (Lipinski definition) is 4. The molecule has 25 heavy (non-hydrogen) atoms. The van der Waals surface area contributed by atoms with Gasteiger partial charge in [-0.1, -0.05) is 18.5 Å². The number of aliphatic hydroxyl groups is 1. The van der Waals surface area contributed by atoms with E-state index < -0.39 is 6.10 Å². The summed E-state index contributed by atoms with van der Waals surface area (Å²) in [6.45, 7) is 7.38. The Bertz CT molecular complexity index is 542. The van der Waals surface area contributed by atoms with E-state index in [9.17, 15) is 9.90 Å². The third-order valence-corrected chi connectivity index (χ3v) is 4.69. The number of aliphatic hydroxyl groups excluding tert-OH is 1. The zero-order chi connectivity index (χ0) is 17.9. The molecule has 0 fully saturated rings. The summed E-state index contributed by atoms with van der Waals surface area (Å²) < 4.78 is 0.644. The highest BCUT2D eigenvalue weighted by molar-refractivity contribution is 14.0. The third kappa shape index (κ3) is 10.2. The Labute approximate surface area is 175 Å². The lowest BCUT2D eigenvalue weighted by Crippen LogP contribution is -2.40. The molecule has 0 aliphatic rings. The number of guanidine groups is 1. The van der Waals surface area contributed by atoms with Gasteiger partial charge in [-0.15, -0.1) is 35.3 Å². The van der Waals surface area contributed by atoms with Gasteiger partial charge in [0, 0.05) is 30.4 Å². The molecule has 0 aliphatic carbocycles. The first-order chi connectivity index (χ1) is 11.5. The van der Waals surface area contributed by atoms with Crippen molar-refractivity contribution in [1.82, 2.24) is 16.0 Å². The average molecular weight is 503 g/mol. The van der Waals surface area contributed by atoms with Crippen LogP contribution < -0.4 is 16.0 Å². The van der Waals surface area contributed by atoms with Crippen molar-refractivity contribution in [3.8, 4) is 0 Å². The van der Waals surface area contributed by atoms with Crippen molar-refractivity contribution in [2.75, 3.05) is 19.6 Å². The van der Waals surface area contributed by atoms with Crippen LogP contribution in [0.25, 0.3) is 0 Å². The van der Waals surface area contributed by atoms with Gasteiger partial charge >= 0.3 is 0 Å². The first kappa shape index (κ1) is 24.4. The SMILES string of the molecule is CCNC(=NCC(O)c1ccc(Cl)s1)NCCC(=O)NC(C)CC.I. The van der Waals surface area contributed by atoms with Crippen molar-refractivity contribution in [2.45, 2.75) is 45.8 Å².